The van der Waals surface area contributed by atoms with Crippen molar-refractivity contribution in [2.24, 2.45) is 11.8 Å². The maximum absolute atomic E-state index is 13.8. The van der Waals surface area contributed by atoms with Gasteiger partial charge in [0.15, 0.2) is 24.1 Å². The minimum absolute atomic E-state index is 0.0293. The Kier molecular flexibility index (Phi) is 8.59. The van der Waals surface area contributed by atoms with Crippen molar-refractivity contribution >= 4 is 0 Å². The van der Waals surface area contributed by atoms with E-state index in [1.807, 2.05) is 0 Å². The van der Waals surface area contributed by atoms with Crippen molar-refractivity contribution in [3.63, 3.8) is 0 Å². The van der Waals surface area contributed by atoms with Crippen LogP contribution in [0.15, 0.2) is 18.2 Å². The van der Waals surface area contributed by atoms with Gasteiger partial charge in [-0.15, -0.1) is 0 Å². The molecule has 0 spiro atoms. The minimum Gasteiger partial charge on any atom is -0.432 e. The number of unbranched alkanes of at least 4 members (excludes halogenated alkanes) is 1. The Balaban J connectivity index is 1.37. The van der Waals surface area contributed by atoms with Crippen LogP contribution in [0.1, 0.15) is 38.2 Å². The van der Waals surface area contributed by atoms with Gasteiger partial charge in [0.1, 0.15) is 0 Å². The first-order valence-electron chi connectivity index (χ1n) is 10.2. The average molecular weight is 418 g/mol. The smallest absolute Gasteiger partial charge is 0.387 e. The lowest BCUT2D eigenvalue weighted by atomic mass is 10.0. The molecule has 5 nitrogen and oxygen atoms in total. The first-order chi connectivity index (χ1) is 14.0. The molecule has 0 saturated carbocycles. The highest BCUT2D eigenvalue weighted by Crippen LogP contribution is 2.26. The number of hydrogen-bond acceptors (Lipinski definition) is 5. The van der Waals surface area contributed by atoms with Gasteiger partial charge in [-0.25, -0.2) is 4.39 Å². The summed E-state index contributed by atoms with van der Waals surface area (Å²) in [6.45, 7) is 1.50. The molecule has 0 atom stereocenters. The zero-order valence-corrected chi connectivity index (χ0v) is 16.7. The molecule has 0 aliphatic carbocycles. The standard InChI is InChI=1S/C21H29F3O5/c1-2-3-4-15-10-27-20(28-11-15)16-12-25-19(26-13-16)8-6-14-5-7-18(17(22)9-14)29-21(23)24/h5,7,9,15-16,19-21H,2-4,6,8,10-13H2,1H3/t15-,16-,19-,20-. The van der Waals surface area contributed by atoms with Gasteiger partial charge in [0.2, 0.25) is 0 Å². The van der Waals surface area contributed by atoms with Gasteiger partial charge < -0.3 is 23.7 Å². The highest BCUT2D eigenvalue weighted by atomic mass is 19.3. The Morgan fingerprint density at radius 3 is 2.38 bits per heavy atom. The van der Waals surface area contributed by atoms with Crippen molar-refractivity contribution in [2.45, 2.75) is 58.2 Å². The Bertz CT molecular complexity index is 614. The van der Waals surface area contributed by atoms with Crippen LogP contribution in [0.4, 0.5) is 13.2 Å². The van der Waals surface area contributed by atoms with E-state index in [1.165, 1.54) is 25.0 Å². The second kappa shape index (κ2) is 11.2. The molecular weight excluding hydrogens is 389 g/mol. The molecule has 3 rings (SSSR count). The summed E-state index contributed by atoms with van der Waals surface area (Å²) >= 11 is 0. The second-order valence-corrected chi connectivity index (χ2v) is 7.58. The van der Waals surface area contributed by atoms with Crippen LogP contribution in [0.25, 0.3) is 0 Å². The largest absolute Gasteiger partial charge is 0.432 e. The first kappa shape index (κ1) is 22.3. The van der Waals surface area contributed by atoms with Crippen molar-refractivity contribution in [1.82, 2.24) is 0 Å². The molecule has 2 aliphatic heterocycles. The van der Waals surface area contributed by atoms with Gasteiger partial charge in [-0.05, 0) is 30.5 Å². The molecule has 1 aromatic carbocycles. The summed E-state index contributed by atoms with van der Waals surface area (Å²) in [7, 11) is 0. The number of rotatable bonds is 9. The van der Waals surface area contributed by atoms with Crippen molar-refractivity contribution in [2.75, 3.05) is 26.4 Å². The van der Waals surface area contributed by atoms with E-state index in [1.54, 1.807) is 6.07 Å². The molecule has 2 aliphatic rings. The van der Waals surface area contributed by atoms with Crippen molar-refractivity contribution in [1.29, 1.82) is 0 Å². The highest BCUT2D eigenvalue weighted by Gasteiger charge is 2.33. The van der Waals surface area contributed by atoms with Crippen molar-refractivity contribution < 1.29 is 36.9 Å². The van der Waals surface area contributed by atoms with Crippen LogP contribution in [0.3, 0.4) is 0 Å². The van der Waals surface area contributed by atoms with E-state index in [-0.39, 0.29) is 12.2 Å². The third-order valence-electron chi connectivity index (χ3n) is 5.22. The summed E-state index contributed by atoms with van der Waals surface area (Å²) in [6.07, 6.45) is 3.82. The van der Waals surface area contributed by atoms with Crippen LogP contribution in [0, 0.1) is 17.7 Å². The fourth-order valence-electron chi connectivity index (χ4n) is 3.55. The number of ether oxygens (including phenoxy) is 5. The summed E-state index contributed by atoms with van der Waals surface area (Å²) in [6, 6.07) is 3.97. The van der Waals surface area contributed by atoms with Crippen LogP contribution in [-0.4, -0.2) is 45.6 Å². The first-order valence-corrected chi connectivity index (χ1v) is 10.2. The molecule has 29 heavy (non-hydrogen) atoms. The third kappa shape index (κ3) is 6.84. The molecule has 0 aromatic heterocycles. The maximum Gasteiger partial charge on any atom is 0.387 e. The van der Waals surface area contributed by atoms with Gasteiger partial charge in [-0.2, -0.15) is 8.78 Å². The Labute approximate surface area is 169 Å². The van der Waals surface area contributed by atoms with E-state index in [0.29, 0.717) is 50.8 Å². The lowest BCUT2D eigenvalue weighted by Crippen LogP contribution is -2.44. The van der Waals surface area contributed by atoms with E-state index in [0.717, 1.165) is 6.42 Å². The molecule has 1 aromatic rings. The molecule has 2 fully saturated rings. The average Bonchev–Trinajstić information content (AvgIpc) is 2.73. The van der Waals surface area contributed by atoms with Crippen molar-refractivity contribution in [3.8, 4) is 5.75 Å². The van der Waals surface area contributed by atoms with E-state index >= 15 is 0 Å². The van der Waals surface area contributed by atoms with E-state index in [9.17, 15) is 13.2 Å². The van der Waals surface area contributed by atoms with Gasteiger partial charge in [0.25, 0.3) is 0 Å². The topological polar surface area (TPSA) is 46.2 Å². The molecule has 0 bridgehead atoms. The summed E-state index contributed by atoms with van der Waals surface area (Å²) in [4.78, 5) is 0. The molecule has 2 heterocycles. The SMILES string of the molecule is CCCC[C@H]1CO[C@H]([C@H]2CO[C@H](CCc3ccc(OC(F)F)c(F)c3)OC2)OC1. The van der Waals surface area contributed by atoms with Gasteiger partial charge in [-0.1, -0.05) is 25.8 Å². The molecule has 0 N–H and O–H groups in total. The van der Waals surface area contributed by atoms with Crippen LogP contribution in [-0.2, 0) is 25.4 Å². The van der Waals surface area contributed by atoms with Gasteiger partial charge in [-0.3, -0.25) is 0 Å². The fraction of sp³-hybridized carbons (Fsp3) is 0.714. The van der Waals surface area contributed by atoms with E-state index in [4.69, 9.17) is 18.9 Å². The Morgan fingerprint density at radius 2 is 1.76 bits per heavy atom. The minimum atomic E-state index is -3.05. The number of hydrogen-bond donors (Lipinski definition) is 0. The predicted molar refractivity (Wildman–Crippen MR) is 99.2 cm³/mol. The fourth-order valence-corrected chi connectivity index (χ4v) is 3.55. The number of halogens is 3. The summed E-state index contributed by atoms with van der Waals surface area (Å²) in [5, 5.41) is 0. The Morgan fingerprint density at radius 1 is 1.03 bits per heavy atom. The molecule has 164 valence electrons. The lowest BCUT2D eigenvalue weighted by molar-refractivity contribution is -0.281. The number of alkyl halides is 2. The van der Waals surface area contributed by atoms with Crippen molar-refractivity contribution in [3.05, 3.63) is 29.6 Å². The van der Waals surface area contributed by atoms with Crippen LogP contribution in [0.5, 0.6) is 5.75 Å². The van der Waals surface area contributed by atoms with Crippen LogP contribution in [0.2, 0.25) is 0 Å². The third-order valence-corrected chi connectivity index (χ3v) is 5.22. The van der Waals surface area contributed by atoms with E-state index in [2.05, 4.69) is 11.7 Å². The Hall–Kier alpha value is -1.35. The monoisotopic (exact) mass is 418 g/mol. The lowest BCUT2D eigenvalue weighted by Gasteiger charge is -2.37. The van der Waals surface area contributed by atoms with Crippen LogP contribution >= 0.6 is 0 Å². The normalized spacial score (nSPS) is 27.9. The van der Waals surface area contributed by atoms with E-state index < -0.39 is 24.5 Å². The van der Waals surface area contributed by atoms with Crippen LogP contribution < -0.4 is 4.74 Å². The molecule has 2 saturated heterocycles. The second-order valence-electron chi connectivity index (χ2n) is 7.58. The molecule has 0 unspecified atom stereocenters. The molecule has 0 radical (unpaired) electrons. The van der Waals surface area contributed by atoms with Gasteiger partial charge >= 0.3 is 6.61 Å². The predicted octanol–water partition coefficient (Wildman–Crippen LogP) is 4.53. The van der Waals surface area contributed by atoms with Gasteiger partial charge in [0.05, 0.1) is 32.3 Å². The molecular formula is C21H29F3O5. The molecule has 0 amide bonds. The zero-order chi connectivity index (χ0) is 20.6. The number of benzene rings is 1. The highest BCUT2D eigenvalue weighted by molar-refractivity contribution is 5.29. The molecule has 8 heteroatoms. The quantitative estimate of drug-likeness (QED) is 0.590. The summed E-state index contributed by atoms with van der Waals surface area (Å²) < 4.78 is 65.5. The maximum atomic E-state index is 13.8. The zero-order valence-electron chi connectivity index (χ0n) is 16.7. The summed E-state index contributed by atoms with van der Waals surface area (Å²) in [5.74, 6) is -0.776. The number of aryl methyl sites for hydroxylation is 1. The summed E-state index contributed by atoms with van der Waals surface area (Å²) in [5.41, 5.74) is 0.663. The van der Waals surface area contributed by atoms with Gasteiger partial charge in [0, 0.05) is 12.3 Å².